The molecule has 5 nitrogen and oxygen atoms in total. The zero-order valence-corrected chi connectivity index (χ0v) is 11.8. The largest absolute Gasteiger partial charge is 0.397 e. The minimum Gasteiger partial charge on any atom is -0.397 e. The molecule has 3 N–H and O–H groups in total. The number of benzene rings is 1. The Labute approximate surface area is 116 Å². The Morgan fingerprint density at radius 1 is 1.20 bits per heavy atom. The van der Waals surface area contributed by atoms with Gasteiger partial charge in [0.25, 0.3) is 10.0 Å². The van der Waals surface area contributed by atoms with Gasteiger partial charge in [0.2, 0.25) is 0 Å². The number of nitrogen functional groups attached to an aromatic ring is 1. The number of halogens is 1. The number of nitrogens with one attached hydrogen (secondary N) is 1. The number of sulfonamides is 1. The minimum atomic E-state index is -3.89. The van der Waals surface area contributed by atoms with E-state index in [0.29, 0.717) is 16.8 Å². The molecule has 1 aromatic heterocycles. The Morgan fingerprint density at radius 3 is 2.55 bits per heavy atom. The van der Waals surface area contributed by atoms with Crippen molar-refractivity contribution in [3.05, 3.63) is 47.4 Å². The molecule has 0 amide bonds. The third-order valence-corrected chi connectivity index (χ3v) is 4.33. The third kappa shape index (κ3) is 2.88. The summed E-state index contributed by atoms with van der Waals surface area (Å²) in [6, 6.07) is 5.11. The monoisotopic (exact) mass is 295 g/mol. The molecule has 0 spiro atoms. The molecule has 106 valence electrons. The van der Waals surface area contributed by atoms with Crippen LogP contribution in [0.3, 0.4) is 0 Å². The smallest absolute Gasteiger partial charge is 0.263 e. The summed E-state index contributed by atoms with van der Waals surface area (Å²) in [4.78, 5) is 3.78. The zero-order valence-electron chi connectivity index (χ0n) is 11.0. The van der Waals surface area contributed by atoms with Gasteiger partial charge < -0.3 is 5.73 Å². The van der Waals surface area contributed by atoms with Crippen LogP contribution in [0.25, 0.3) is 0 Å². The second kappa shape index (κ2) is 5.09. The Hall–Kier alpha value is -2.15. The fourth-order valence-electron chi connectivity index (χ4n) is 1.68. The van der Waals surface area contributed by atoms with Crippen molar-refractivity contribution in [3.8, 4) is 0 Å². The van der Waals surface area contributed by atoms with Crippen LogP contribution >= 0.6 is 0 Å². The van der Waals surface area contributed by atoms with Crippen molar-refractivity contribution in [2.24, 2.45) is 0 Å². The Morgan fingerprint density at radius 2 is 1.90 bits per heavy atom. The van der Waals surface area contributed by atoms with E-state index in [2.05, 4.69) is 9.71 Å². The van der Waals surface area contributed by atoms with E-state index in [-0.39, 0.29) is 10.7 Å². The lowest BCUT2D eigenvalue weighted by Gasteiger charge is -2.10. The van der Waals surface area contributed by atoms with E-state index in [1.807, 2.05) is 0 Å². The van der Waals surface area contributed by atoms with Gasteiger partial charge in [-0.3, -0.25) is 4.72 Å². The third-order valence-electron chi connectivity index (χ3n) is 2.83. The van der Waals surface area contributed by atoms with Crippen molar-refractivity contribution in [1.82, 2.24) is 4.98 Å². The van der Waals surface area contributed by atoms with E-state index in [1.54, 1.807) is 13.8 Å². The molecule has 2 aromatic rings. The summed E-state index contributed by atoms with van der Waals surface area (Å²) in [5.74, 6) is -0.474. The van der Waals surface area contributed by atoms with Crippen molar-refractivity contribution >= 4 is 21.5 Å². The Bertz CT molecular complexity index is 760. The molecule has 0 atom stereocenters. The topological polar surface area (TPSA) is 85.1 Å². The highest BCUT2D eigenvalue weighted by molar-refractivity contribution is 7.92. The van der Waals surface area contributed by atoms with E-state index in [4.69, 9.17) is 5.73 Å². The predicted octanol–water partition coefficient (Wildman–Crippen LogP) is 2.22. The van der Waals surface area contributed by atoms with Crippen molar-refractivity contribution in [1.29, 1.82) is 0 Å². The first-order valence-electron chi connectivity index (χ1n) is 5.81. The molecule has 7 heteroatoms. The van der Waals surface area contributed by atoms with Gasteiger partial charge in [-0.05, 0) is 43.2 Å². The fraction of sp³-hybridized carbons (Fsp3) is 0.154. The number of pyridine rings is 1. The van der Waals surface area contributed by atoms with E-state index < -0.39 is 15.8 Å². The van der Waals surface area contributed by atoms with Crippen LogP contribution in [0.1, 0.15) is 11.1 Å². The van der Waals surface area contributed by atoms with Crippen LogP contribution in [-0.4, -0.2) is 13.4 Å². The summed E-state index contributed by atoms with van der Waals surface area (Å²) in [5, 5.41) is 0. The lowest BCUT2D eigenvalue weighted by atomic mass is 10.2. The van der Waals surface area contributed by atoms with Gasteiger partial charge in [-0.2, -0.15) is 0 Å². The molecule has 0 aliphatic heterocycles. The molecule has 0 radical (unpaired) electrons. The van der Waals surface area contributed by atoms with Crippen LogP contribution in [0.5, 0.6) is 0 Å². The molecule has 2 rings (SSSR count). The first kappa shape index (κ1) is 14.3. The highest BCUT2D eigenvalue weighted by atomic mass is 32.2. The quantitative estimate of drug-likeness (QED) is 0.909. The Balaban J connectivity index is 2.40. The number of rotatable bonds is 3. The highest BCUT2D eigenvalue weighted by Crippen LogP contribution is 2.21. The normalized spacial score (nSPS) is 11.3. The molecule has 20 heavy (non-hydrogen) atoms. The first-order chi connectivity index (χ1) is 9.29. The lowest BCUT2D eigenvalue weighted by molar-refractivity contribution is 0.594. The molecule has 1 aromatic carbocycles. The molecular formula is C13H14FN3O2S. The summed E-state index contributed by atoms with van der Waals surface area (Å²) in [5.41, 5.74) is 7.24. The maximum absolute atomic E-state index is 13.2. The van der Waals surface area contributed by atoms with Gasteiger partial charge in [0.1, 0.15) is 11.6 Å². The molecule has 0 saturated heterocycles. The van der Waals surface area contributed by atoms with Crippen molar-refractivity contribution < 1.29 is 12.8 Å². The van der Waals surface area contributed by atoms with Gasteiger partial charge in [0.05, 0.1) is 16.8 Å². The summed E-state index contributed by atoms with van der Waals surface area (Å²) in [6.07, 6.45) is 1.37. The number of hydrogen-bond acceptors (Lipinski definition) is 4. The number of aromatic nitrogens is 1. The molecule has 0 bridgehead atoms. The van der Waals surface area contributed by atoms with Crippen LogP contribution < -0.4 is 10.5 Å². The van der Waals surface area contributed by atoms with Crippen LogP contribution in [0.4, 0.5) is 15.9 Å². The summed E-state index contributed by atoms with van der Waals surface area (Å²) >= 11 is 0. The van der Waals surface area contributed by atoms with Gasteiger partial charge in [0.15, 0.2) is 0 Å². The molecule has 1 heterocycles. The van der Waals surface area contributed by atoms with Gasteiger partial charge >= 0.3 is 0 Å². The molecular weight excluding hydrogens is 281 g/mol. The number of anilines is 2. The van der Waals surface area contributed by atoms with Crippen molar-refractivity contribution in [2.45, 2.75) is 18.7 Å². The summed E-state index contributed by atoms with van der Waals surface area (Å²) in [6.45, 7) is 3.33. The molecule has 0 fully saturated rings. The summed E-state index contributed by atoms with van der Waals surface area (Å²) < 4.78 is 40.0. The number of hydrogen-bond donors (Lipinski definition) is 2. The summed E-state index contributed by atoms with van der Waals surface area (Å²) in [7, 11) is -3.89. The molecule has 0 aliphatic rings. The standard InChI is InChI=1S/C13H14FN3O2S/c1-8-3-4-10(14)6-12(8)20(18,19)17-13-5-9(2)11(15)7-16-13/h3-7H,15H2,1-2H3,(H,16,17). The number of nitrogens with two attached hydrogens (primary N) is 1. The van der Waals surface area contributed by atoms with Gasteiger partial charge in [-0.25, -0.2) is 17.8 Å². The maximum atomic E-state index is 13.2. The first-order valence-corrected chi connectivity index (χ1v) is 7.29. The van der Waals surface area contributed by atoms with Gasteiger partial charge in [0, 0.05) is 0 Å². The average Bonchev–Trinajstić information content (AvgIpc) is 2.36. The van der Waals surface area contributed by atoms with Gasteiger partial charge in [-0.1, -0.05) is 6.07 Å². The molecule has 0 aliphatic carbocycles. The SMILES string of the molecule is Cc1cc(NS(=O)(=O)c2cc(F)ccc2C)ncc1N. The average molecular weight is 295 g/mol. The van der Waals surface area contributed by atoms with Crippen molar-refractivity contribution in [3.63, 3.8) is 0 Å². The van der Waals surface area contributed by atoms with Crippen LogP contribution in [0, 0.1) is 19.7 Å². The van der Waals surface area contributed by atoms with Crippen LogP contribution in [0.15, 0.2) is 35.4 Å². The lowest BCUT2D eigenvalue weighted by Crippen LogP contribution is -2.15. The maximum Gasteiger partial charge on any atom is 0.263 e. The van der Waals surface area contributed by atoms with E-state index in [0.717, 1.165) is 6.07 Å². The minimum absolute atomic E-state index is 0.117. The second-order valence-corrected chi connectivity index (χ2v) is 6.09. The van der Waals surface area contributed by atoms with Crippen LogP contribution in [0.2, 0.25) is 0 Å². The van der Waals surface area contributed by atoms with Crippen molar-refractivity contribution in [2.75, 3.05) is 10.5 Å². The predicted molar refractivity (Wildman–Crippen MR) is 75.3 cm³/mol. The fourth-order valence-corrected chi connectivity index (χ4v) is 2.94. The second-order valence-electron chi connectivity index (χ2n) is 4.44. The zero-order chi connectivity index (χ0) is 14.9. The van der Waals surface area contributed by atoms with E-state index in [1.165, 1.54) is 24.4 Å². The van der Waals surface area contributed by atoms with Crippen LogP contribution in [-0.2, 0) is 10.0 Å². The molecule has 0 unspecified atom stereocenters. The number of nitrogens with zero attached hydrogens (tertiary/aromatic N) is 1. The highest BCUT2D eigenvalue weighted by Gasteiger charge is 2.18. The van der Waals surface area contributed by atoms with E-state index >= 15 is 0 Å². The Kier molecular flexibility index (Phi) is 3.63. The van der Waals surface area contributed by atoms with Gasteiger partial charge in [-0.15, -0.1) is 0 Å². The number of aryl methyl sites for hydroxylation is 2. The van der Waals surface area contributed by atoms with E-state index in [9.17, 15) is 12.8 Å². The molecule has 0 saturated carbocycles.